The van der Waals surface area contributed by atoms with Crippen molar-refractivity contribution >= 4 is 44.7 Å². The Morgan fingerprint density at radius 1 is 1.15 bits per heavy atom. The first-order valence-corrected chi connectivity index (χ1v) is 12.2. The van der Waals surface area contributed by atoms with Crippen molar-refractivity contribution in [3.63, 3.8) is 0 Å². The maximum Gasteiger partial charge on any atom is 0.329 e. The van der Waals surface area contributed by atoms with Gasteiger partial charge < -0.3 is 15.2 Å². The molecule has 0 aliphatic heterocycles. The number of aromatic nitrogens is 1. The molecule has 1 amide bonds. The molecule has 34 heavy (non-hydrogen) atoms. The molecular formula is C27H30N2O4S. The minimum absolute atomic E-state index is 0.0976. The van der Waals surface area contributed by atoms with Gasteiger partial charge >= 0.3 is 5.97 Å². The van der Waals surface area contributed by atoms with Crippen LogP contribution < -0.4 is 5.32 Å². The molecule has 0 saturated heterocycles. The first-order valence-electron chi connectivity index (χ1n) is 11.4. The Balaban J connectivity index is 1.59. The summed E-state index contributed by atoms with van der Waals surface area (Å²) < 4.78 is 6.14. The summed E-state index contributed by atoms with van der Waals surface area (Å²) in [7, 11) is 0. The number of aryl methyl sites for hydroxylation is 1. The number of carbonyl (C=O) groups is 2. The monoisotopic (exact) mass is 478 g/mol. The zero-order valence-electron chi connectivity index (χ0n) is 19.5. The van der Waals surface area contributed by atoms with Gasteiger partial charge in [0.2, 0.25) is 5.91 Å². The summed E-state index contributed by atoms with van der Waals surface area (Å²) in [5.41, 5.74) is 5.03. The van der Waals surface area contributed by atoms with Gasteiger partial charge in [-0.05, 0) is 68.0 Å². The molecule has 0 radical (unpaired) electrons. The number of anilines is 1. The molecule has 2 aromatic carbocycles. The van der Waals surface area contributed by atoms with E-state index in [1.54, 1.807) is 11.3 Å². The third kappa shape index (κ3) is 7.37. The summed E-state index contributed by atoms with van der Waals surface area (Å²) >= 11 is 1.55. The van der Waals surface area contributed by atoms with Gasteiger partial charge in [-0.15, -0.1) is 11.3 Å². The average molecular weight is 479 g/mol. The van der Waals surface area contributed by atoms with Gasteiger partial charge in [-0.3, -0.25) is 4.79 Å². The number of ether oxygens (including phenoxy) is 1. The van der Waals surface area contributed by atoms with Crippen LogP contribution >= 0.6 is 11.3 Å². The number of amides is 1. The number of para-hydroxylation sites is 1. The number of carboxylic acids is 1. The number of fused-ring (bicyclic) bond motifs is 1. The quantitative estimate of drug-likeness (QED) is 0.251. The lowest BCUT2D eigenvalue weighted by Gasteiger charge is -2.10. The fraction of sp³-hybridized carbons (Fsp3) is 0.296. The zero-order valence-corrected chi connectivity index (χ0v) is 20.4. The fourth-order valence-electron chi connectivity index (χ4n) is 3.64. The van der Waals surface area contributed by atoms with Crippen LogP contribution in [0.15, 0.2) is 60.7 Å². The second-order valence-corrected chi connectivity index (χ2v) is 8.93. The number of allylic oxidation sites excluding steroid dienone is 4. The number of carbonyl (C=O) groups excluding carboxylic acids is 1. The summed E-state index contributed by atoms with van der Waals surface area (Å²) in [6, 6.07) is 13.9. The number of unbranched alkanes of at least 4 members (excludes halogenated alkanes) is 1. The van der Waals surface area contributed by atoms with Crippen molar-refractivity contribution in [2.75, 3.05) is 18.5 Å². The number of thiazole rings is 1. The standard InChI is InChI=1S/C27H30N2O4S/c1-3-9-19(4-2)21-13-14-23-24(16-21)34-26(29-23)17-25(30)28-22-12-6-5-10-20(22)11-7-8-15-33-18-27(31)32/h3-6,9-10,12-14,16H,7-8,11,15,17-18H2,1-2H3,(H,28,30)(H,31,32)/b9-3-,19-4+. The van der Waals surface area contributed by atoms with Crippen molar-refractivity contribution in [1.29, 1.82) is 0 Å². The van der Waals surface area contributed by atoms with Gasteiger partial charge in [-0.2, -0.15) is 0 Å². The molecule has 1 heterocycles. The number of benzene rings is 2. The average Bonchev–Trinajstić information content (AvgIpc) is 3.21. The van der Waals surface area contributed by atoms with Crippen molar-refractivity contribution in [3.05, 3.63) is 76.8 Å². The molecule has 0 bridgehead atoms. The molecule has 0 fully saturated rings. The number of nitrogens with one attached hydrogen (secondary N) is 1. The molecule has 0 atom stereocenters. The fourth-order valence-corrected chi connectivity index (χ4v) is 4.64. The normalized spacial score (nSPS) is 11.9. The molecule has 178 valence electrons. The van der Waals surface area contributed by atoms with E-state index >= 15 is 0 Å². The van der Waals surface area contributed by atoms with Crippen molar-refractivity contribution in [2.24, 2.45) is 0 Å². The minimum Gasteiger partial charge on any atom is -0.480 e. The van der Waals surface area contributed by atoms with Crippen molar-refractivity contribution < 1.29 is 19.4 Å². The van der Waals surface area contributed by atoms with Crippen molar-refractivity contribution in [3.8, 4) is 0 Å². The van der Waals surface area contributed by atoms with Crippen LogP contribution in [0.1, 0.15) is 42.8 Å². The molecule has 6 nitrogen and oxygen atoms in total. The minimum atomic E-state index is -0.960. The van der Waals surface area contributed by atoms with Crippen LogP contribution in [0.3, 0.4) is 0 Å². The van der Waals surface area contributed by atoms with E-state index in [1.165, 1.54) is 0 Å². The lowest BCUT2D eigenvalue weighted by Crippen LogP contribution is -2.15. The molecule has 7 heteroatoms. The first kappa shape index (κ1) is 25.3. The Hall–Kier alpha value is -3.29. The zero-order chi connectivity index (χ0) is 24.3. The Kier molecular flexibility index (Phi) is 9.55. The van der Waals surface area contributed by atoms with Gasteiger partial charge in [-0.25, -0.2) is 9.78 Å². The second kappa shape index (κ2) is 12.8. The smallest absolute Gasteiger partial charge is 0.329 e. The van der Waals surface area contributed by atoms with Gasteiger partial charge in [0, 0.05) is 12.3 Å². The van der Waals surface area contributed by atoms with Gasteiger partial charge in [0.05, 0.1) is 16.6 Å². The molecule has 0 aliphatic carbocycles. The third-order valence-electron chi connectivity index (χ3n) is 5.24. The number of hydrogen-bond acceptors (Lipinski definition) is 5. The van der Waals surface area contributed by atoms with Gasteiger partial charge in [-0.1, -0.05) is 42.5 Å². The maximum atomic E-state index is 12.8. The number of carboxylic acid groups (broad SMARTS) is 1. The van der Waals surface area contributed by atoms with Gasteiger partial charge in [0.1, 0.15) is 11.6 Å². The van der Waals surface area contributed by atoms with E-state index in [2.05, 4.69) is 34.6 Å². The van der Waals surface area contributed by atoms with Crippen LogP contribution in [0, 0.1) is 0 Å². The number of aliphatic carboxylic acids is 1. The molecule has 1 aromatic heterocycles. The molecule has 0 spiro atoms. The molecule has 0 aliphatic rings. The highest BCUT2D eigenvalue weighted by atomic mass is 32.1. The molecular weight excluding hydrogens is 448 g/mol. The first-order chi connectivity index (χ1) is 16.5. The Morgan fingerprint density at radius 3 is 2.74 bits per heavy atom. The van der Waals surface area contributed by atoms with E-state index in [0.717, 1.165) is 56.9 Å². The number of rotatable bonds is 12. The van der Waals surface area contributed by atoms with Gasteiger partial charge in [0.15, 0.2) is 0 Å². The van der Waals surface area contributed by atoms with E-state index in [4.69, 9.17) is 9.84 Å². The largest absolute Gasteiger partial charge is 0.480 e. The number of nitrogens with zero attached hydrogens (tertiary/aromatic N) is 1. The van der Waals surface area contributed by atoms with E-state index < -0.39 is 5.97 Å². The highest BCUT2D eigenvalue weighted by molar-refractivity contribution is 7.18. The molecule has 2 N–H and O–H groups in total. The Bertz CT molecular complexity index is 1200. The Morgan fingerprint density at radius 2 is 1.97 bits per heavy atom. The van der Waals surface area contributed by atoms with Crippen LogP contribution in [0.4, 0.5) is 5.69 Å². The summed E-state index contributed by atoms with van der Waals surface area (Å²) in [6.45, 7) is 4.16. The van der Waals surface area contributed by atoms with Crippen LogP contribution in [-0.4, -0.2) is 35.2 Å². The van der Waals surface area contributed by atoms with Crippen molar-refractivity contribution in [2.45, 2.75) is 39.5 Å². The highest BCUT2D eigenvalue weighted by Crippen LogP contribution is 2.27. The lowest BCUT2D eigenvalue weighted by molar-refractivity contribution is -0.142. The predicted octanol–water partition coefficient (Wildman–Crippen LogP) is 5.88. The predicted molar refractivity (Wildman–Crippen MR) is 138 cm³/mol. The Labute approximate surface area is 204 Å². The van der Waals surface area contributed by atoms with Crippen LogP contribution in [0.25, 0.3) is 15.8 Å². The topological polar surface area (TPSA) is 88.5 Å². The van der Waals surface area contributed by atoms with E-state index in [-0.39, 0.29) is 18.9 Å². The summed E-state index contributed by atoms with van der Waals surface area (Å²) in [5.74, 6) is -1.06. The van der Waals surface area contributed by atoms with Crippen LogP contribution in [-0.2, 0) is 27.2 Å². The lowest BCUT2D eigenvalue weighted by atomic mass is 10.1. The maximum absolute atomic E-state index is 12.8. The summed E-state index contributed by atoms with van der Waals surface area (Å²) in [5, 5.41) is 12.4. The third-order valence-corrected chi connectivity index (χ3v) is 6.26. The van der Waals surface area contributed by atoms with E-state index in [9.17, 15) is 9.59 Å². The SMILES string of the molecule is C/C=C\C(=C/C)c1ccc2nc(CC(=O)Nc3ccccc3CCCCOCC(=O)O)sc2c1. The van der Waals surface area contributed by atoms with Crippen LogP contribution in [0.2, 0.25) is 0 Å². The molecule has 3 rings (SSSR count). The van der Waals surface area contributed by atoms with E-state index in [0.29, 0.717) is 6.61 Å². The highest BCUT2D eigenvalue weighted by Gasteiger charge is 2.12. The molecule has 0 unspecified atom stereocenters. The summed E-state index contributed by atoms with van der Waals surface area (Å²) in [4.78, 5) is 27.9. The second-order valence-electron chi connectivity index (χ2n) is 7.82. The van der Waals surface area contributed by atoms with Crippen LogP contribution in [0.5, 0.6) is 0 Å². The molecule has 0 saturated carbocycles. The van der Waals surface area contributed by atoms with Crippen molar-refractivity contribution in [1.82, 2.24) is 4.98 Å². The van der Waals surface area contributed by atoms with E-state index in [1.807, 2.05) is 50.3 Å². The molecule has 3 aromatic rings. The van der Waals surface area contributed by atoms with Gasteiger partial charge in [0.25, 0.3) is 0 Å². The number of hydrogen-bond donors (Lipinski definition) is 2. The summed E-state index contributed by atoms with van der Waals surface area (Å²) in [6.07, 6.45) is 8.77.